The second-order valence-electron chi connectivity index (χ2n) is 6.26. The number of benzene rings is 2. The minimum atomic E-state index is -0.535. The van der Waals surface area contributed by atoms with E-state index in [1.807, 2.05) is 0 Å². The van der Waals surface area contributed by atoms with Gasteiger partial charge in [0.25, 0.3) is 11.6 Å². The average Bonchev–Trinajstić information content (AvgIpc) is 3.17. The second-order valence-corrected chi connectivity index (χ2v) is 6.26. The van der Waals surface area contributed by atoms with Crippen molar-refractivity contribution in [3.63, 3.8) is 0 Å². The number of halogens is 1. The molecule has 0 bridgehead atoms. The predicted molar refractivity (Wildman–Crippen MR) is 96.8 cm³/mol. The van der Waals surface area contributed by atoms with E-state index in [-0.39, 0.29) is 23.0 Å². The molecule has 1 amide bonds. The quantitative estimate of drug-likeness (QED) is 0.633. The molecule has 0 aromatic heterocycles. The first-order chi connectivity index (χ1) is 12.6. The van der Waals surface area contributed by atoms with Gasteiger partial charge in [-0.2, -0.15) is 0 Å². The molecule has 1 heterocycles. The Hall–Kier alpha value is -2.96. The molecule has 136 valence electrons. The van der Waals surface area contributed by atoms with Gasteiger partial charge in [-0.1, -0.05) is 18.2 Å². The summed E-state index contributed by atoms with van der Waals surface area (Å²) in [7, 11) is 0. The molecule has 0 unspecified atom stereocenters. The molecule has 0 aliphatic carbocycles. The van der Waals surface area contributed by atoms with Crippen molar-refractivity contribution in [3.05, 3.63) is 69.5 Å². The molecule has 1 fully saturated rings. The van der Waals surface area contributed by atoms with Gasteiger partial charge in [0, 0.05) is 31.4 Å². The van der Waals surface area contributed by atoms with E-state index in [0.29, 0.717) is 37.3 Å². The fourth-order valence-electron chi connectivity index (χ4n) is 3.11. The van der Waals surface area contributed by atoms with Crippen LogP contribution in [-0.2, 0) is 6.42 Å². The summed E-state index contributed by atoms with van der Waals surface area (Å²) in [5.41, 5.74) is 1.10. The molecule has 0 atom stereocenters. The molecule has 6 nitrogen and oxygen atoms in total. The maximum atomic E-state index is 13.6. The standard InChI is InChI=1S/C19H20FN3O3/c20-17-6-2-1-5-14(17)9-10-21-15-7-8-18(23(25)26)16(13-15)19(24)22-11-3-4-12-22/h1-2,5-8,13,21H,3-4,9-12H2. The Kier molecular flexibility index (Phi) is 5.46. The molecule has 1 aliphatic heterocycles. The largest absolute Gasteiger partial charge is 0.385 e. The summed E-state index contributed by atoms with van der Waals surface area (Å²) in [5, 5.41) is 14.4. The smallest absolute Gasteiger partial charge is 0.282 e. The van der Waals surface area contributed by atoms with Crippen molar-refractivity contribution >= 4 is 17.3 Å². The molecule has 3 rings (SSSR count). The van der Waals surface area contributed by atoms with Crippen LogP contribution >= 0.6 is 0 Å². The van der Waals surface area contributed by atoms with Crippen molar-refractivity contribution in [1.82, 2.24) is 4.90 Å². The highest BCUT2D eigenvalue weighted by Crippen LogP contribution is 2.25. The maximum Gasteiger partial charge on any atom is 0.282 e. The third-order valence-electron chi connectivity index (χ3n) is 4.50. The summed E-state index contributed by atoms with van der Waals surface area (Å²) in [4.78, 5) is 25.0. The molecule has 2 aromatic carbocycles. The molecule has 0 spiro atoms. The van der Waals surface area contributed by atoms with Gasteiger partial charge < -0.3 is 10.2 Å². The van der Waals surface area contributed by atoms with Gasteiger partial charge in [-0.05, 0) is 43.0 Å². The molecule has 1 aliphatic rings. The number of nitrogens with zero attached hydrogens (tertiary/aromatic N) is 2. The Labute approximate surface area is 150 Å². The summed E-state index contributed by atoms with van der Waals surface area (Å²) in [6.45, 7) is 1.71. The summed E-state index contributed by atoms with van der Waals surface area (Å²) in [6.07, 6.45) is 2.30. The molecule has 0 radical (unpaired) electrons. The second kappa shape index (κ2) is 7.95. The van der Waals surface area contributed by atoms with Crippen LogP contribution in [0, 0.1) is 15.9 Å². The number of hydrogen-bond acceptors (Lipinski definition) is 4. The highest BCUT2D eigenvalue weighted by molar-refractivity contribution is 5.99. The molecular weight excluding hydrogens is 337 g/mol. The fourth-order valence-corrected chi connectivity index (χ4v) is 3.11. The molecule has 1 N–H and O–H groups in total. The van der Waals surface area contributed by atoms with Crippen LogP contribution in [0.2, 0.25) is 0 Å². The van der Waals surface area contributed by atoms with Crippen LogP contribution in [0.25, 0.3) is 0 Å². The third kappa shape index (κ3) is 3.99. The van der Waals surface area contributed by atoms with Crippen LogP contribution in [0.1, 0.15) is 28.8 Å². The van der Waals surface area contributed by atoms with Gasteiger partial charge in [0.15, 0.2) is 0 Å². The lowest BCUT2D eigenvalue weighted by molar-refractivity contribution is -0.385. The molecular formula is C19H20FN3O3. The molecule has 26 heavy (non-hydrogen) atoms. The number of carbonyl (C=O) groups excluding carboxylic acids is 1. The van der Waals surface area contributed by atoms with Crippen molar-refractivity contribution in [1.29, 1.82) is 0 Å². The Balaban J connectivity index is 1.73. The van der Waals surface area contributed by atoms with Gasteiger partial charge in [0.05, 0.1) is 4.92 Å². The number of nitro benzene ring substituents is 1. The lowest BCUT2D eigenvalue weighted by Gasteiger charge is -2.16. The van der Waals surface area contributed by atoms with Crippen LogP contribution in [-0.4, -0.2) is 35.4 Å². The Morgan fingerprint density at radius 3 is 2.62 bits per heavy atom. The van der Waals surface area contributed by atoms with E-state index in [9.17, 15) is 19.3 Å². The zero-order chi connectivity index (χ0) is 18.5. The SMILES string of the molecule is O=C(c1cc(NCCc2ccccc2F)ccc1[N+](=O)[O-])N1CCCC1. The Bertz CT molecular complexity index is 819. The van der Waals surface area contributed by atoms with E-state index in [1.165, 1.54) is 18.2 Å². The highest BCUT2D eigenvalue weighted by Gasteiger charge is 2.26. The van der Waals surface area contributed by atoms with E-state index in [0.717, 1.165) is 12.8 Å². The van der Waals surface area contributed by atoms with Crippen LogP contribution in [0.4, 0.5) is 15.8 Å². The van der Waals surface area contributed by atoms with E-state index in [2.05, 4.69) is 5.32 Å². The lowest BCUT2D eigenvalue weighted by Crippen LogP contribution is -2.28. The van der Waals surface area contributed by atoms with Gasteiger partial charge in [-0.25, -0.2) is 4.39 Å². The van der Waals surface area contributed by atoms with E-state index in [4.69, 9.17) is 0 Å². The summed E-state index contributed by atoms with van der Waals surface area (Å²) in [6, 6.07) is 11.0. The number of likely N-dealkylation sites (tertiary alicyclic amines) is 1. The number of hydrogen-bond donors (Lipinski definition) is 1. The van der Waals surface area contributed by atoms with Crippen molar-refractivity contribution in [3.8, 4) is 0 Å². The van der Waals surface area contributed by atoms with E-state index < -0.39 is 4.92 Å². The van der Waals surface area contributed by atoms with Crippen LogP contribution in [0.3, 0.4) is 0 Å². The summed E-state index contributed by atoms with van der Waals surface area (Å²) >= 11 is 0. The maximum absolute atomic E-state index is 13.6. The summed E-state index contributed by atoms with van der Waals surface area (Å²) in [5.74, 6) is -0.574. The number of carbonyl (C=O) groups is 1. The Morgan fingerprint density at radius 1 is 1.19 bits per heavy atom. The van der Waals surface area contributed by atoms with E-state index in [1.54, 1.807) is 29.2 Å². The van der Waals surface area contributed by atoms with Gasteiger partial charge in [0.2, 0.25) is 0 Å². The number of nitrogens with one attached hydrogen (secondary N) is 1. The third-order valence-corrected chi connectivity index (χ3v) is 4.50. The molecule has 1 saturated heterocycles. The molecule has 2 aromatic rings. The molecule has 7 heteroatoms. The van der Waals surface area contributed by atoms with Crippen LogP contribution in [0.5, 0.6) is 0 Å². The number of nitro groups is 1. The van der Waals surface area contributed by atoms with Crippen LogP contribution in [0.15, 0.2) is 42.5 Å². The minimum Gasteiger partial charge on any atom is -0.385 e. The lowest BCUT2D eigenvalue weighted by atomic mass is 10.1. The van der Waals surface area contributed by atoms with Crippen molar-refractivity contribution in [2.24, 2.45) is 0 Å². The van der Waals surface area contributed by atoms with Gasteiger partial charge >= 0.3 is 0 Å². The minimum absolute atomic E-state index is 0.0905. The topological polar surface area (TPSA) is 75.5 Å². The first-order valence-electron chi connectivity index (χ1n) is 8.61. The van der Waals surface area contributed by atoms with Crippen molar-refractivity contribution in [2.45, 2.75) is 19.3 Å². The first kappa shape index (κ1) is 17.8. The number of amides is 1. The molecule has 0 saturated carbocycles. The van der Waals surface area contributed by atoms with Gasteiger partial charge in [-0.15, -0.1) is 0 Å². The normalized spacial score (nSPS) is 13.7. The fraction of sp³-hybridized carbons (Fsp3) is 0.316. The number of rotatable bonds is 6. The monoisotopic (exact) mass is 357 g/mol. The zero-order valence-electron chi connectivity index (χ0n) is 14.3. The average molecular weight is 357 g/mol. The van der Waals surface area contributed by atoms with Gasteiger partial charge in [0.1, 0.15) is 11.4 Å². The highest BCUT2D eigenvalue weighted by atomic mass is 19.1. The number of anilines is 1. The Morgan fingerprint density at radius 2 is 1.92 bits per heavy atom. The van der Waals surface area contributed by atoms with Crippen molar-refractivity contribution in [2.75, 3.05) is 25.0 Å². The zero-order valence-corrected chi connectivity index (χ0v) is 14.3. The predicted octanol–water partition coefficient (Wildman–Crippen LogP) is 3.62. The van der Waals surface area contributed by atoms with Gasteiger partial charge in [-0.3, -0.25) is 14.9 Å². The van der Waals surface area contributed by atoms with Crippen molar-refractivity contribution < 1.29 is 14.1 Å². The van der Waals surface area contributed by atoms with Crippen LogP contribution < -0.4 is 5.32 Å². The first-order valence-corrected chi connectivity index (χ1v) is 8.61. The summed E-state index contributed by atoms with van der Waals surface area (Å²) < 4.78 is 13.6. The van der Waals surface area contributed by atoms with E-state index >= 15 is 0 Å².